The summed E-state index contributed by atoms with van der Waals surface area (Å²) in [6.45, 7) is 0. The van der Waals surface area contributed by atoms with Crippen molar-refractivity contribution >= 4 is 11.3 Å². The Bertz CT molecular complexity index is 64.0. The van der Waals surface area contributed by atoms with Gasteiger partial charge >= 0.3 is 0 Å². The van der Waals surface area contributed by atoms with Crippen molar-refractivity contribution in [3.8, 4) is 0 Å². The topological polar surface area (TPSA) is 0 Å². The van der Waals surface area contributed by atoms with Crippen molar-refractivity contribution in [1.82, 2.24) is 0 Å². The zero-order chi connectivity index (χ0) is 3.54. The van der Waals surface area contributed by atoms with Crippen LogP contribution in [0.1, 0.15) is 0 Å². The standard InChI is InChI=1S/C4H4S.Au/c1-2-4-5-3-1;/h1-4H;. The minimum Gasteiger partial charge on any atom is -0.152 e. The van der Waals surface area contributed by atoms with Gasteiger partial charge in [0.25, 0.3) is 0 Å². The van der Waals surface area contributed by atoms with E-state index in [0.29, 0.717) is 0 Å². The van der Waals surface area contributed by atoms with Crippen LogP contribution in [-0.2, 0) is 22.4 Å². The average Bonchev–Trinajstić information content (AvgIpc) is 1.76. The number of rotatable bonds is 0. The summed E-state index contributed by atoms with van der Waals surface area (Å²) in [4.78, 5) is 0. The summed E-state index contributed by atoms with van der Waals surface area (Å²) in [6, 6.07) is 4.04. The molecule has 6 heavy (non-hydrogen) atoms. The molecule has 1 radical (unpaired) electrons. The molecular formula is C4H4AuS. The van der Waals surface area contributed by atoms with Gasteiger partial charge in [-0.1, -0.05) is 12.1 Å². The van der Waals surface area contributed by atoms with E-state index in [1.807, 2.05) is 22.9 Å². The van der Waals surface area contributed by atoms with Crippen LogP contribution in [0, 0.1) is 0 Å². The van der Waals surface area contributed by atoms with Gasteiger partial charge in [-0.15, -0.1) is 0 Å². The Labute approximate surface area is 56.7 Å². The Morgan fingerprint density at radius 1 is 1.00 bits per heavy atom. The molecule has 0 amide bonds. The fourth-order valence-electron chi connectivity index (χ4n) is 0.227. The average molecular weight is 281 g/mol. The van der Waals surface area contributed by atoms with E-state index in [1.165, 1.54) is 0 Å². The van der Waals surface area contributed by atoms with E-state index in [-0.39, 0.29) is 22.4 Å². The Kier molecular flexibility index (Phi) is 3.89. The van der Waals surface area contributed by atoms with Crippen LogP contribution in [0.2, 0.25) is 0 Å². The molecule has 0 saturated heterocycles. The quantitative estimate of drug-likeness (QED) is 0.636. The Balaban J connectivity index is 0.000000250. The van der Waals surface area contributed by atoms with E-state index in [4.69, 9.17) is 0 Å². The third kappa shape index (κ3) is 1.78. The monoisotopic (exact) mass is 281 g/mol. The first-order chi connectivity index (χ1) is 2.50. The van der Waals surface area contributed by atoms with Gasteiger partial charge in [-0.05, 0) is 10.8 Å². The molecule has 0 nitrogen and oxygen atoms in total. The van der Waals surface area contributed by atoms with E-state index in [0.717, 1.165) is 0 Å². The second-order valence-corrected chi connectivity index (χ2v) is 1.61. The molecule has 0 saturated carbocycles. The van der Waals surface area contributed by atoms with E-state index < -0.39 is 0 Å². The summed E-state index contributed by atoms with van der Waals surface area (Å²) in [5.74, 6) is 0. The summed E-state index contributed by atoms with van der Waals surface area (Å²) in [5, 5.41) is 4.08. The molecule has 2 heteroatoms. The molecule has 1 aromatic heterocycles. The van der Waals surface area contributed by atoms with Gasteiger partial charge in [0.1, 0.15) is 0 Å². The third-order valence-corrected chi connectivity index (χ3v) is 1.05. The normalized spacial score (nSPS) is 6.67. The summed E-state index contributed by atoms with van der Waals surface area (Å²) in [6.07, 6.45) is 0. The maximum absolute atomic E-state index is 2.04. The molecule has 0 bridgehead atoms. The molecular weight excluding hydrogens is 277 g/mol. The molecule has 0 spiro atoms. The molecule has 1 aromatic rings. The summed E-state index contributed by atoms with van der Waals surface area (Å²) in [5.41, 5.74) is 0. The van der Waals surface area contributed by atoms with Gasteiger partial charge < -0.3 is 0 Å². The first-order valence-electron chi connectivity index (χ1n) is 1.47. The Hall–Kier alpha value is 0.440. The van der Waals surface area contributed by atoms with Crippen molar-refractivity contribution in [2.24, 2.45) is 0 Å². The number of thiophene rings is 1. The van der Waals surface area contributed by atoms with Crippen LogP contribution in [0.5, 0.6) is 0 Å². The maximum Gasteiger partial charge on any atom is 0 e. The van der Waals surface area contributed by atoms with Crippen LogP contribution in [0.25, 0.3) is 0 Å². The molecule has 37 valence electrons. The van der Waals surface area contributed by atoms with Gasteiger partial charge in [0.15, 0.2) is 0 Å². The Morgan fingerprint density at radius 2 is 1.50 bits per heavy atom. The second kappa shape index (κ2) is 3.62. The van der Waals surface area contributed by atoms with Crippen molar-refractivity contribution in [3.05, 3.63) is 22.9 Å². The molecule has 0 fully saturated rings. The van der Waals surface area contributed by atoms with E-state index in [2.05, 4.69) is 0 Å². The molecule has 1 rings (SSSR count). The summed E-state index contributed by atoms with van der Waals surface area (Å²) in [7, 11) is 0. The predicted octanol–water partition coefficient (Wildman–Crippen LogP) is 1.75. The van der Waals surface area contributed by atoms with Gasteiger partial charge in [0.05, 0.1) is 0 Å². The second-order valence-electron chi connectivity index (χ2n) is 0.793. The smallest absolute Gasteiger partial charge is 0 e. The number of hydrogen-bond acceptors (Lipinski definition) is 1. The summed E-state index contributed by atoms with van der Waals surface area (Å²) >= 11 is 1.71. The minimum absolute atomic E-state index is 0. The van der Waals surface area contributed by atoms with Gasteiger partial charge in [-0.25, -0.2) is 0 Å². The van der Waals surface area contributed by atoms with Crippen molar-refractivity contribution in [1.29, 1.82) is 0 Å². The van der Waals surface area contributed by atoms with Crippen LogP contribution in [-0.4, -0.2) is 0 Å². The van der Waals surface area contributed by atoms with Crippen molar-refractivity contribution in [3.63, 3.8) is 0 Å². The molecule has 0 aliphatic rings. The molecule has 0 unspecified atom stereocenters. The molecule has 0 atom stereocenters. The van der Waals surface area contributed by atoms with Crippen LogP contribution < -0.4 is 0 Å². The van der Waals surface area contributed by atoms with Crippen molar-refractivity contribution < 1.29 is 22.4 Å². The third-order valence-electron chi connectivity index (χ3n) is 0.425. The van der Waals surface area contributed by atoms with E-state index in [9.17, 15) is 0 Å². The van der Waals surface area contributed by atoms with Crippen LogP contribution >= 0.6 is 11.3 Å². The predicted molar refractivity (Wildman–Crippen MR) is 24.3 cm³/mol. The molecule has 0 aromatic carbocycles. The maximum atomic E-state index is 2.04. The fraction of sp³-hybridized carbons (Fsp3) is 0. The minimum atomic E-state index is 0. The van der Waals surface area contributed by atoms with Gasteiger partial charge in [-0.3, -0.25) is 0 Å². The van der Waals surface area contributed by atoms with Gasteiger partial charge in [0, 0.05) is 22.4 Å². The SMILES string of the molecule is [Au].c1ccsc1. The molecule has 0 aliphatic heterocycles. The molecule has 1 heterocycles. The van der Waals surface area contributed by atoms with E-state index >= 15 is 0 Å². The Morgan fingerprint density at radius 3 is 1.67 bits per heavy atom. The van der Waals surface area contributed by atoms with Crippen molar-refractivity contribution in [2.75, 3.05) is 0 Å². The fourth-order valence-corrected chi connectivity index (χ4v) is 0.680. The molecule has 0 N–H and O–H groups in total. The van der Waals surface area contributed by atoms with Gasteiger partial charge in [0.2, 0.25) is 0 Å². The van der Waals surface area contributed by atoms with E-state index in [1.54, 1.807) is 11.3 Å². The molecule has 0 aliphatic carbocycles. The first kappa shape index (κ1) is 6.44. The van der Waals surface area contributed by atoms with Gasteiger partial charge in [-0.2, -0.15) is 11.3 Å². The van der Waals surface area contributed by atoms with Crippen LogP contribution in [0.4, 0.5) is 0 Å². The zero-order valence-corrected chi connectivity index (χ0v) is 6.00. The largest absolute Gasteiger partial charge is 0.152 e. The van der Waals surface area contributed by atoms with Crippen molar-refractivity contribution in [2.45, 2.75) is 0 Å². The summed E-state index contributed by atoms with van der Waals surface area (Å²) < 4.78 is 0. The van der Waals surface area contributed by atoms with Crippen LogP contribution in [0.15, 0.2) is 22.9 Å². The zero-order valence-electron chi connectivity index (χ0n) is 3.02. The first-order valence-corrected chi connectivity index (χ1v) is 2.41. The van der Waals surface area contributed by atoms with Crippen LogP contribution in [0.3, 0.4) is 0 Å². The number of hydrogen-bond donors (Lipinski definition) is 0.